The van der Waals surface area contributed by atoms with Gasteiger partial charge in [-0.05, 0) is 24.1 Å². The highest BCUT2D eigenvalue weighted by atomic mass is 35.5. The average Bonchev–Trinajstić information content (AvgIpc) is 2.29. The van der Waals surface area contributed by atoms with Gasteiger partial charge in [0.25, 0.3) is 0 Å². The van der Waals surface area contributed by atoms with Crippen molar-refractivity contribution in [3.05, 3.63) is 65.7 Å². The summed E-state index contributed by atoms with van der Waals surface area (Å²) in [6.07, 6.45) is 3.60. The van der Waals surface area contributed by atoms with Crippen molar-refractivity contribution in [2.75, 3.05) is 0 Å². The molecule has 0 bridgehead atoms. The molecule has 0 saturated heterocycles. The van der Waals surface area contributed by atoms with Gasteiger partial charge in [0.2, 0.25) is 0 Å². The van der Waals surface area contributed by atoms with Crippen molar-refractivity contribution in [2.24, 2.45) is 0 Å². The Morgan fingerprint density at radius 1 is 1.06 bits per heavy atom. The van der Waals surface area contributed by atoms with Gasteiger partial charge in [-0.3, -0.25) is 0 Å². The van der Waals surface area contributed by atoms with Crippen molar-refractivity contribution in [3.8, 4) is 0 Å². The molecule has 0 atom stereocenters. The lowest BCUT2D eigenvalue weighted by atomic mass is 10.1. The molecule has 0 spiro atoms. The van der Waals surface area contributed by atoms with Gasteiger partial charge in [0.15, 0.2) is 0 Å². The molecule has 1 rings (SSSR count). The van der Waals surface area contributed by atoms with Crippen molar-refractivity contribution in [1.82, 2.24) is 0 Å². The fourth-order valence-corrected chi connectivity index (χ4v) is 1.12. The third kappa shape index (κ3) is 5.57. The highest BCUT2D eigenvalue weighted by Crippen LogP contribution is 2.15. The van der Waals surface area contributed by atoms with E-state index in [4.69, 9.17) is 11.6 Å². The molecule has 0 radical (unpaired) electrons. The number of rotatable bonds is 3. The molecule has 0 aliphatic carbocycles. The summed E-state index contributed by atoms with van der Waals surface area (Å²) in [6.45, 7) is 13.6. The van der Waals surface area contributed by atoms with Crippen LogP contribution in [0.3, 0.4) is 0 Å². The molecule has 0 aliphatic rings. The SMILES string of the molecule is C=C(Cl)/C=C\C(=C)c1ccc(C)cc1.CC. The van der Waals surface area contributed by atoms with Crippen LogP contribution >= 0.6 is 11.6 Å². The molecule has 0 amide bonds. The largest absolute Gasteiger partial charge is 0.0912 e. The number of halogens is 1. The number of hydrogen-bond donors (Lipinski definition) is 0. The molecular formula is C15H19Cl. The van der Waals surface area contributed by atoms with E-state index in [0.717, 1.165) is 11.1 Å². The summed E-state index contributed by atoms with van der Waals surface area (Å²) < 4.78 is 0. The lowest BCUT2D eigenvalue weighted by molar-refractivity contribution is 1.46. The quantitative estimate of drug-likeness (QED) is 0.619. The summed E-state index contributed by atoms with van der Waals surface area (Å²) in [6, 6.07) is 8.20. The van der Waals surface area contributed by atoms with Gasteiger partial charge in [0, 0.05) is 5.03 Å². The monoisotopic (exact) mass is 234 g/mol. The van der Waals surface area contributed by atoms with Crippen LogP contribution < -0.4 is 0 Å². The molecule has 0 N–H and O–H groups in total. The number of allylic oxidation sites excluding steroid dienone is 4. The zero-order valence-electron chi connectivity index (χ0n) is 10.3. The molecule has 16 heavy (non-hydrogen) atoms. The normalized spacial score (nSPS) is 9.50. The molecule has 1 heteroatoms. The third-order valence-corrected chi connectivity index (χ3v) is 2.01. The van der Waals surface area contributed by atoms with Gasteiger partial charge in [-0.15, -0.1) is 0 Å². The molecule has 0 heterocycles. The smallest absolute Gasteiger partial charge is 0.0334 e. The Morgan fingerprint density at radius 2 is 1.56 bits per heavy atom. The predicted octanol–water partition coefficient (Wildman–Crippen LogP) is 5.34. The van der Waals surface area contributed by atoms with Gasteiger partial charge in [-0.2, -0.15) is 0 Å². The van der Waals surface area contributed by atoms with E-state index >= 15 is 0 Å². The van der Waals surface area contributed by atoms with E-state index in [-0.39, 0.29) is 0 Å². The van der Waals surface area contributed by atoms with Crippen LogP contribution in [0.1, 0.15) is 25.0 Å². The summed E-state index contributed by atoms with van der Waals surface area (Å²) in [5.41, 5.74) is 3.28. The Bertz CT molecular complexity index is 369. The molecule has 0 nitrogen and oxygen atoms in total. The first-order valence-electron chi connectivity index (χ1n) is 5.38. The lowest BCUT2D eigenvalue weighted by Crippen LogP contribution is -1.79. The van der Waals surface area contributed by atoms with E-state index in [1.807, 2.05) is 32.1 Å². The second-order valence-electron chi connectivity index (χ2n) is 3.17. The molecule has 0 saturated carbocycles. The van der Waals surface area contributed by atoms with Gasteiger partial charge >= 0.3 is 0 Å². The Labute approximate surface area is 104 Å². The van der Waals surface area contributed by atoms with Gasteiger partial charge < -0.3 is 0 Å². The minimum atomic E-state index is 0.512. The van der Waals surface area contributed by atoms with Gasteiger partial charge in [-0.1, -0.05) is 74.5 Å². The molecule has 0 unspecified atom stereocenters. The standard InChI is InChI=1S/C13H13Cl.C2H6/c1-10-4-8-13(9-5-10)11(2)6-7-12(3)14;1-2/h4-9H,2-3H2,1H3;1-2H3/b7-6-;. The summed E-state index contributed by atoms with van der Waals surface area (Å²) in [5, 5.41) is 0.512. The fraction of sp³-hybridized carbons (Fsp3) is 0.200. The molecular weight excluding hydrogens is 216 g/mol. The van der Waals surface area contributed by atoms with Crippen LogP contribution in [-0.4, -0.2) is 0 Å². The molecule has 0 aliphatic heterocycles. The van der Waals surface area contributed by atoms with Crippen LogP contribution in [0.2, 0.25) is 0 Å². The van der Waals surface area contributed by atoms with Crippen molar-refractivity contribution < 1.29 is 0 Å². The highest BCUT2D eigenvalue weighted by Gasteiger charge is 1.93. The Kier molecular flexibility index (Phi) is 7.32. The van der Waals surface area contributed by atoms with E-state index in [1.54, 1.807) is 6.08 Å². The summed E-state index contributed by atoms with van der Waals surface area (Å²) in [7, 11) is 0. The van der Waals surface area contributed by atoms with Crippen LogP contribution in [-0.2, 0) is 0 Å². The molecule has 1 aromatic rings. The summed E-state index contributed by atoms with van der Waals surface area (Å²) in [4.78, 5) is 0. The molecule has 86 valence electrons. The van der Waals surface area contributed by atoms with E-state index in [1.165, 1.54) is 5.56 Å². The van der Waals surface area contributed by atoms with Crippen molar-refractivity contribution in [3.63, 3.8) is 0 Å². The molecule has 1 aromatic carbocycles. The second kappa shape index (κ2) is 7.95. The van der Waals surface area contributed by atoms with Crippen LogP contribution in [0.15, 0.2) is 54.6 Å². The second-order valence-corrected chi connectivity index (χ2v) is 3.66. The Morgan fingerprint density at radius 3 is 2.00 bits per heavy atom. The third-order valence-electron chi connectivity index (χ3n) is 1.89. The first-order chi connectivity index (χ1) is 7.59. The van der Waals surface area contributed by atoms with Gasteiger partial charge in [-0.25, -0.2) is 0 Å². The maximum absolute atomic E-state index is 5.61. The first-order valence-corrected chi connectivity index (χ1v) is 5.76. The first kappa shape index (κ1) is 14.7. The topological polar surface area (TPSA) is 0 Å². The van der Waals surface area contributed by atoms with E-state index in [2.05, 4.69) is 32.2 Å². The van der Waals surface area contributed by atoms with Gasteiger partial charge in [0.1, 0.15) is 0 Å². The summed E-state index contributed by atoms with van der Waals surface area (Å²) >= 11 is 5.61. The van der Waals surface area contributed by atoms with Crippen LogP contribution in [0, 0.1) is 6.92 Å². The lowest BCUT2D eigenvalue weighted by Gasteiger charge is -2.00. The van der Waals surface area contributed by atoms with E-state index in [0.29, 0.717) is 5.03 Å². The molecule has 0 aromatic heterocycles. The number of aryl methyl sites for hydroxylation is 1. The van der Waals surface area contributed by atoms with Crippen LogP contribution in [0.25, 0.3) is 5.57 Å². The molecule has 0 fully saturated rings. The average molecular weight is 235 g/mol. The summed E-state index contributed by atoms with van der Waals surface area (Å²) in [5.74, 6) is 0. The maximum Gasteiger partial charge on any atom is 0.0334 e. The Balaban J connectivity index is 0.00000106. The zero-order valence-corrected chi connectivity index (χ0v) is 11.0. The maximum atomic E-state index is 5.61. The highest BCUT2D eigenvalue weighted by molar-refractivity contribution is 6.30. The fourth-order valence-electron chi connectivity index (χ4n) is 1.05. The predicted molar refractivity (Wildman–Crippen MR) is 75.7 cm³/mol. The van der Waals surface area contributed by atoms with E-state index < -0.39 is 0 Å². The minimum absolute atomic E-state index is 0.512. The van der Waals surface area contributed by atoms with Gasteiger partial charge in [0.05, 0.1) is 0 Å². The van der Waals surface area contributed by atoms with Crippen molar-refractivity contribution >= 4 is 17.2 Å². The van der Waals surface area contributed by atoms with E-state index in [9.17, 15) is 0 Å². The number of benzene rings is 1. The zero-order chi connectivity index (χ0) is 12.6. The van der Waals surface area contributed by atoms with Crippen LogP contribution in [0.5, 0.6) is 0 Å². The minimum Gasteiger partial charge on any atom is -0.0912 e. The van der Waals surface area contributed by atoms with Crippen molar-refractivity contribution in [2.45, 2.75) is 20.8 Å². The Hall–Kier alpha value is -1.27. The number of hydrogen-bond acceptors (Lipinski definition) is 0. The van der Waals surface area contributed by atoms with Crippen molar-refractivity contribution in [1.29, 1.82) is 0 Å². The van der Waals surface area contributed by atoms with Crippen LogP contribution in [0.4, 0.5) is 0 Å².